The van der Waals surface area contributed by atoms with Crippen molar-refractivity contribution >= 4 is 48.1 Å². The van der Waals surface area contributed by atoms with Gasteiger partial charge in [0, 0.05) is 52.7 Å². The maximum absolute atomic E-state index is 12.2. The normalized spacial score (nSPS) is 15.1. The number of phenols is 5. The van der Waals surface area contributed by atoms with Gasteiger partial charge in [-0.2, -0.15) is 5.70 Å². The molecule has 323 valence electrons. The Labute approximate surface area is 368 Å². The molecule has 0 amide bonds. The first-order chi connectivity index (χ1) is 27.0. The first kappa shape index (κ1) is 47.8. The predicted octanol–water partition coefficient (Wildman–Crippen LogP) is 13.3. The van der Waals surface area contributed by atoms with E-state index in [0.29, 0.717) is 17.2 Å². The molecule has 59 heavy (non-hydrogen) atoms. The largest absolute Gasteiger partial charge is 0.685 e. The molecule has 0 saturated carbocycles. The quantitative estimate of drug-likeness (QED) is 0.0405. The molecule has 2 heterocycles. The van der Waals surface area contributed by atoms with E-state index in [0.717, 1.165) is 64.4 Å². The molecule has 1 radical (unpaired) electrons. The number of nitrogens with zero attached hydrogens (tertiary/aromatic N) is 2. The van der Waals surface area contributed by atoms with Gasteiger partial charge >= 0.3 is 0 Å². The van der Waals surface area contributed by atoms with Crippen LogP contribution in [0.5, 0.6) is 28.7 Å². The summed E-state index contributed by atoms with van der Waals surface area (Å²) in [7, 11) is 0. The Bertz CT molecular complexity index is 2380. The number of pyridine rings is 1. The van der Waals surface area contributed by atoms with Crippen LogP contribution in [0, 0.1) is 17.9 Å². The number of fused-ring (bicyclic) bond motifs is 5. The summed E-state index contributed by atoms with van der Waals surface area (Å²) in [6.07, 6.45) is 9.69. The van der Waals surface area contributed by atoms with Crippen molar-refractivity contribution in [2.24, 2.45) is 11.8 Å². The van der Waals surface area contributed by atoms with Crippen molar-refractivity contribution < 1.29 is 50.4 Å². The third kappa shape index (κ3) is 9.11. The zero-order valence-electron chi connectivity index (χ0n) is 37.1. The molecule has 6 rings (SSSR count). The maximum atomic E-state index is 12.2. The van der Waals surface area contributed by atoms with Crippen LogP contribution in [0.25, 0.3) is 47.5 Å². The van der Waals surface area contributed by atoms with E-state index in [9.17, 15) is 30.3 Å². The van der Waals surface area contributed by atoms with Crippen LogP contribution < -0.4 is 0 Å². The molecule has 10 heteroatoms. The predicted molar refractivity (Wildman–Crippen MR) is 241 cm³/mol. The van der Waals surface area contributed by atoms with Crippen LogP contribution >= 0.6 is 11.3 Å². The van der Waals surface area contributed by atoms with E-state index >= 15 is 0 Å². The Morgan fingerprint density at radius 3 is 1.90 bits per heavy atom. The molecule has 1 aliphatic carbocycles. The van der Waals surface area contributed by atoms with Gasteiger partial charge < -0.3 is 30.8 Å². The molecule has 0 fully saturated rings. The van der Waals surface area contributed by atoms with Gasteiger partial charge in [0.05, 0.1) is 5.75 Å². The number of hydrogen-bond acceptors (Lipinski definition) is 8. The van der Waals surface area contributed by atoms with Crippen LogP contribution in [0.4, 0.5) is 0 Å². The Morgan fingerprint density at radius 1 is 0.831 bits per heavy atom. The average Bonchev–Trinajstić information content (AvgIpc) is 3.53. The molecule has 0 bridgehead atoms. The van der Waals surface area contributed by atoms with Gasteiger partial charge in [0.25, 0.3) is 0 Å². The van der Waals surface area contributed by atoms with Gasteiger partial charge in [-0.1, -0.05) is 119 Å². The molecule has 5 aromatic rings. The number of hydrogen-bond donors (Lipinski definition) is 5. The minimum Gasteiger partial charge on any atom is -0.685 e. The van der Waals surface area contributed by atoms with Crippen molar-refractivity contribution in [2.45, 2.75) is 151 Å². The van der Waals surface area contributed by atoms with Crippen molar-refractivity contribution in [1.82, 2.24) is 4.98 Å². The molecular formula is C49H64IrN2O6S-2. The van der Waals surface area contributed by atoms with E-state index in [1.54, 1.807) is 17.5 Å². The number of allylic oxidation sites excluding steroid dienone is 2. The van der Waals surface area contributed by atoms with Crippen LogP contribution in [0.1, 0.15) is 145 Å². The third-order valence-electron chi connectivity index (χ3n) is 12.2. The van der Waals surface area contributed by atoms with E-state index in [4.69, 9.17) is 0 Å². The number of carbonyl (C=O) groups excluding carboxylic acids is 1. The summed E-state index contributed by atoms with van der Waals surface area (Å²) < 4.78 is 2.00. The molecule has 0 atom stereocenters. The van der Waals surface area contributed by atoms with Crippen LogP contribution in [0.15, 0.2) is 36.2 Å². The summed E-state index contributed by atoms with van der Waals surface area (Å²) in [4.78, 5) is 16.9. The zero-order chi connectivity index (χ0) is 43.2. The summed E-state index contributed by atoms with van der Waals surface area (Å²) in [5.41, 5.74) is 4.18. The van der Waals surface area contributed by atoms with Gasteiger partial charge in [0.1, 0.15) is 11.5 Å². The van der Waals surface area contributed by atoms with Gasteiger partial charge in [-0.25, -0.2) is 0 Å². The molecule has 0 unspecified atom stereocenters. The Balaban J connectivity index is 0.000000345. The zero-order valence-corrected chi connectivity index (χ0v) is 40.4. The van der Waals surface area contributed by atoms with E-state index in [1.165, 1.54) is 11.1 Å². The third-order valence-corrected chi connectivity index (χ3v) is 13.4. The number of ketones is 1. The first-order valence-corrected chi connectivity index (χ1v) is 21.8. The van der Waals surface area contributed by atoms with Crippen molar-refractivity contribution in [3.63, 3.8) is 0 Å². The summed E-state index contributed by atoms with van der Waals surface area (Å²) in [6.45, 7) is 27.4. The minimum atomic E-state index is -0.851. The molecular weight excluding hydrogens is 937 g/mol. The van der Waals surface area contributed by atoms with Gasteiger partial charge in [-0.3, -0.25) is 9.78 Å². The molecule has 5 N–H and O–H groups in total. The SMILES string of the molecule is CC(C)(C)c1c(O)c(-c2nccc3c2sc2cc4c(cc23)C(C)(C)CCC4(C)C)[c-]c2c(O)c(O)c(O)c(O)c12.CCC(CC)C(=O)/C=C(\[N-]C(C)C)C(CC)CC.[Ir]. The average molecular weight is 1000 g/mol. The second kappa shape index (κ2) is 18.0. The summed E-state index contributed by atoms with van der Waals surface area (Å²) in [6, 6.07) is 9.91. The molecule has 1 aliphatic rings. The number of carbonyl (C=O) groups is 1. The fourth-order valence-corrected chi connectivity index (χ4v) is 9.77. The fraction of sp³-hybridized carbons (Fsp3) is 0.510. The first-order valence-electron chi connectivity index (χ1n) is 20.9. The maximum Gasteiger partial charge on any atom is 0.188 e. The van der Waals surface area contributed by atoms with E-state index < -0.39 is 28.4 Å². The number of rotatable bonds is 10. The van der Waals surface area contributed by atoms with E-state index in [1.807, 2.05) is 32.9 Å². The monoisotopic (exact) mass is 1000 g/mol. The summed E-state index contributed by atoms with van der Waals surface area (Å²) >= 11 is 1.60. The van der Waals surface area contributed by atoms with Gasteiger partial charge in [-0.15, -0.1) is 23.4 Å². The number of benzene rings is 3. The molecule has 2 aromatic heterocycles. The summed E-state index contributed by atoms with van der Waals surface area (Å²) in [5.74, 6) is -2.26. The van der Waals surface area contributed by atoms with E-state index in [-0.39, 0.29) is 70.8 Å². The smallest absolute Gasteiger partial charge is 0.188 e. The van der Waals surface area contributed by atoms with Crippen LogP contribution in [0.3, 0.4) is 0 Å². The fourth-order valence-electron chi connectivity index (χ4n) is 8.55. The summed E-state index contributed by atoms with van der Waals surface area (Å²) in [5, 5.41) is 60.7. The number of aromatic hydroxyl groups is 5. The van der Waals surface area contributed by atoms with Gasteiger partial charge in [-0.05, 0) is 94.0 Å². The second-order valence-electron chi connectivity index (χ2n) is 18.6. The van der Waals surface area contributed by atoms with Crippen LogP contribution in [-0.2, 0) is 41.1 Å². The number of phenolic OH excluding ortho intramolecular Hbond substituents is 5. The Morgan fingerprint density at radius 2 is 1.37 bits per heavy atom. The van der Waals surface area contributed by atoms with Crippen molar-refractivity contribution in [3.05, 3.63) is 64.2 Å². The Hall–Kier alpha value is -3.85. The van der Waals surface area contributed by atoms with Crippen molar-refractivity contribution in [2.75, 3.05) is 0 Å². The molecule has 0 saturated heterocycles. The molecule has 3 aromatic carbocycles. The number of aromatic nitrogens is 1. The van der Waals surface area contributed by atoms with E-state index in [2.05, 4.69) is 97.7 Å². The van der Waals surface area contributed by atoms with Gasteiger partial charge in [0.2, 0.25) is 0 Å². The second-order valence-corrected chi connectivity index (χ2v) is 19.7. The van der Waals surface area contributed by atoms with Crippen LogP contribution in [-0.4, -0.2) is 42.3 Å². The van der Waals surface area contributed by atoms with Gasteiger partial charge in [0.15, 0.2) is 17.3 Å². The van der Waals surface area contributed by atoms with Crippen molar-refractivity contribution in [1.29, 1.82) is 0 Å². The molecule has 8 nitrogen and oxygen atoms in total. The topological polar surface area (TPSA) is 145 Å². The van der Waals surface area contributed by atoms with Crippen LogP contribution in [0.2, 0.25) is 0 Å². The Kier molecular flexibility index (Phi) is 14.6. The minimum absolute atomic E-state index is 0. The molecule has 0 spiro atoms. The standard InChI is InChI=1S/C33H34NO5S.C16H31NO.Ir/c1-31(2,3)23-22-17(26(36)28(38)29(39)27(22)37)12-18(25(23)35)24-30-15(8-11-34-24)16-13-19-20(14-21(16)40-30)33(6,7)10-9-32(19,4)5;1-7-13(8-2)15(17-12(5)6)11-16(18)14(9-3)10-4;/h8,11,13-14,35-39H,9-10H2,1-7H3;11-14H,7-10H2,1-6H3,(H,17,18);/q-1;;/p-1. The molecule has 0 aliphatic heterocycles. The number of thiophene rings is 1. The van der Waals surface area contributed by atoms with Crippen molar-refractivity contribution in [3.8, 4) is 40.0 Å².